The smallest absolute Gasteiger partial charge is 0.149 e. The topological polar surface area (TPSA) is 95.4 Å². The Bertz CT molecular complexity index is 132. The summed E-state index contributed by atoms with van der Waals surface area (Å²) in [5, 5.41) is 10.1. The van der Waals surface area contributed by atoms with Crippen LogP contribution in [0.2, 0.25) is 0 Å². The minimum absolute atomic E-state index is 0.180. The van der Waals surface area contributed by atoms with Crippen LogP contribution in [0.15, 0.2) is 0 Å². The molecule has 0 spiro atoms. The van der Waals surface area contributed by atoms with Gasteiger partial charge in [-0.05, 0) is 6.42 Å². The van der Waals surface area contributed by atoms with Gasteiger partial charge in [0.05, 0.1) is 5.97 Å². The molecule has 0 saturated carbocycles. The van der Waals surface area contributed by atoms with Crippen molar-refractivity contribution in [2.45, 2.75) is 25.1 Å². The van der Waals surface area contributed by atoms with Crippen LogP contribution in [0.5, 0.6) is 0 Å². The van der Waals surface area contributed by atoms with E-state index in [9.17, 15) is 14.3 Å². The van der Waals surface area contributed by atoms with Gasteiger partial charge in [0.2, 0.25) is 0 Å². The molecule has 0 aromatic rings. The minimum Gasteiger partial charge on any atom is -0.544 e. The van der Waals surface area contributed by atoms with Gasteiger partial charge in [0, 0.05) is 6.42 Å². The maximum absolute atomic E-state index is 12.5. The Morgan fingerprint density at radius 2 is 2.09 bits per heavy atom. The third-order valence-corrected chi connectivity index (χ3v) is 1.47. The average Bonchev–Trinajstić information content (AvgIpc) is 1.99. The lowest BCUT2D eigenvalue weighted by atomic mass is 10.1. The highest BCUT2D eigenvalue weighted by Gasteiger charge is 2.12. The van der Waals surface area contributed by atoms with Gasteiger partial charge >= 0.3 is 0 Å². The second-order valence-corrected chi connectivity index (χ2v) is 2.48. The fourth-order valence-electron chi connectivity index (χ4n) is 0.644. The number of carbonyl (C=O) groups excluding carboxylic acids is 1. The van der Waals surface area contributed by atoms with E-state index in [0.717, 1.165) is 0 Å². The van der Waals surface area contributed by atoms with Crippen molar-refractivity contribution in [1.82, 2.24) is 0 Å². The maximum atomic E-state index is 12.5. The van der Waals surface area contributed by atoms with Crippen LogP contribution >= 0.6 is 0 Å². The van der Waals surface area contributed by atoms with E-state index in [1.165, 1.54) is 0 Å². The molecule has 0 aliphatic heterocycles. The lowest BCUT2D eigenvalue weighted by Gasteiger charge is -2.09. The molecule has 5 heteroatoms. The van der Waals surface area contributed by atoms with E-state index in [1.54, 1.807) is 0 Å². The van der Waals surface area contributed by atoms with Crippen molar-refractivity contribution < 1.29 is 25.8 Å². The van der Waals surface area contributed by atoms with Crippen molar-refractivity contribution in [2.75, 3.05) is 6.54 Å². The van der Waals surface area contributed by atoms with Crippen LogP contribution in [0.1, 0.15) is 12.8 Å². The second-order valence-electron chi connectivity index (χ2n) is 2.48. The van der Waals surface area contributed by atoms with Crippen LogP contribution in [-0.2, 0) is 4.79 Å². The van der Waals surface area contributed by atoms with E-state index in [-0.39, 0.29) is 19.4 Å². The van der Waals surface area contributed by atoms with E-state index in [1.807, 2.05) is 0 Å². The zero-order chi connectivity index (χ0) is 8.85. The van der Waals surface area contributed by atoms with Gasteiger partial charge < -0.3 is 21.4 Å². The minimum atomic E-state index is -1.22. The number of carboxylic acid groups (broad SMARTS) is 1. The van der Waals surface area contributed by atoms with E-state index in [0.29, 0.717) is 0 Å². The molecule has 0 aromatic heterocycles. The lowest BCUT2D eigenvalue weighted by Crippen LogP contribution is -2.68. The van der Waals surface area contributed by atoms with Gasteiger partial charge in [0.15, 0.2) is 0 Å². The van der Waals surface area contributed by atoms with Crippen LogP contribution < -0.4 is 16.6 Å². The number of rotatable bonds is 5. The molecular formula is C6H14FN2O2+. The number of hydrogen-bond acceptors (Lipinski definition) is 2. The molecule has 6 N–H and O–H groups in total. The van der Waals surface area contributed by atoms with E-state index < -0.39 is 18.2 Å². The molecule has 0 unspecified atom stereocenters. The SMILES string of the molecule is [NH3+]C[C@H](F)CC[C@@H]([NH3+])C(=O)[O-]. The third-order valence-electron chi connectivity index (χ3n) is 1.47. The van der Waals surface area contributed by atoms with Crippen molar-refractivity contribution in [3.63, 3.8) is 0 Å². The lowest BCUT2D eigenvalue weighted by molar-refractivity contribution is -0.439. The van der Waals surface area contributed by atoms with E-state index in [4.69, 9.17) is 0 Å². The van der Waals surface area contributed by atoms with Crippen LogP contribution in [0.25, 0.3) is 0 Å². The Morgan fingerprint density at radius 1 is 1.55 bits per heavy atom. The van der Waals surface area contributed by atoms with Crippen molar-refractivity contribution in [1.29, 1.82) is 0 Å². The third kappa shape index (κ3) is 4.69. The van der Waals surface area contributed by atoms with Crippen LogP contribution in [-0.4, -0.2) is 24.7 Å². The number of hydrogen-bond donors (Lipinski definition) is 2. The van der Waals surface area contributed by atoms with Crippen molar-refractivity contribution >= 4 is 5.97 Å². The first kappa shape index (κ1) is 10.3. The molecule has 66 valence electrons. The molecule has 0 amide bonds. The molecule has 0 saturated heterocycles. The van der Waals surface area contributed by atoms with E-state index in [2.05, 4.69) is 11.5 Å². The molecule has 0 radical (unpaired) electrons. The summed E-state index contributed by atoms with van der Waals surface area (Å²) in [7, 11) is 0. The van der Waals surface area contributed by atoms with Crippen molar-refractivity contribution in [3.05, 3.63) is 0 Å². The van der Waals surface area contributed by atoms with Gasteiger partial charge in [-0.1, -0.05) is 0 Å². The molecule has 4 nitrogen and oxygen atoms in total. The summed E-state index contributed by atoms with van der Waals surface area (Å²) in [5.41, 5.74) is 6.64. The first-order valence-electron chi connectivity index (χ1n) is 3.55. The standard InChI is InChI=1S/C6H13FN2O2/c7-4(3-8)1-2-5(9)6(10)11/h4-5H,1-3,8-9H2,(H,10,11)/p+1/t4-,5-/m1/s1. The fourth-order valence-corrected chi connectivity index (χ4v) is 0.644. The van der Waals surface area contributed by atoms with Crippen LogP contribution in [0.3, 0.4) is 0 Å². The predicted octanol–water partition coefficient (Wildman–Crippen LogP) is -3.29. The van der Waals surface area contributed by atoms with Gasteiger partial charge in [-0.2, -0.15) is 0 Å². The monoisotopic (exact) mass is 165 g/mol. The highest BCUT2D eigenvalue weighted by Crippen LogP contribution is 2.00. The summed E-state index contributed by atoms with van der Waals surface area (Å²) in [6.07, 6.45) is -0.594. The Morgan fingerprint density at radius 3 is 2.45 bits per heavy atom. The zero-order valence-corrected chi connectivity index (χ0v) is 6.38. The number of carbonyl (C=O) groups is 1. The van der Waals surface area contributed by atoms with Gasteiger partial charge in [0.25, 0.3) is 0 Å². The number of aliphatic carboxylic acids is 1. The Labute approximate surface area is 64.4 Å². The van der Waals surface area contributed by atoms with Crippen molar-refractivity contribution in [2.24, 2.45) is 0 Å². The second kappa shape index (κ2) is 5.03. The molecule has 0 aliphatic carbocycles. The largest absolute Gasteiger partial charge is 0.544 e. The molecule has 0 bridgehead atoms. The molecule has 0 rings (SSSR count). The first-order chi connectivity index (χ1) is 5.07. The maximum Gasteiger partial charge on any atom is 0.149 e. The zero-order valence-electron chi connectivity index (χ0n) is 6.38. The predicted molar refractivity (Wildman–Crippen MR) is 33.6 cm³/mol. The van der Waals surface area contributed by atoms with Gasteiger partial charge in [-0.25, -0.2) is 4.39 Å². The Kier molecular flexibility index (Phi) is 4.72. The number of carboxylic acids is 1. The number of alkyl halides is 1. The Balaban J connectivity index is 3.45. The average molecular weight is 165 g/mol. The summed E-state index contributed by atoms with van der Waals surface area (Å²) < 4.78 is 12.5. The molecule has 0 fully saturated rings. The highest BCUT2D eigenvalue weighted by atomic mass is 19.1. The van der Waals surface area contributed by atoms with Gasteiger partial charge in [0.1, 0.15) is 18.8 Å². The fraction of sp³-hybridized carbons (Fsp3) is 0.833. The summed E-state index contributed by atoms with van der Waals surface area (Å²) in [5.74, 6) is -1.22. The van der Waals surface area contributed by atoms with Crippen LogP contribution in [0.4, 0.5) is 4.39 Å². The van der Waals surface area contributed by atoms with Crippen molar-refractivity contribution in [3.8, 4) is 0 Å². The summed E-state index contributed by atoms with van der Waals surface area (Å²) in [6, 6.07) is -0.806. The van der Waals surface area contributed by atoms with Gasteiger partial charge in [-0.3, -0.25) is 0 Å². The van der Waals surface area contributed by atoms with E-state index >= 15 is 0 Å². The highest BCUT2D eigenvalue weighted by molar-refractivity contribution is 5.68. The quantitative estimate of drug-likeness (QED) is 0.446. The first-order valence-corrected chi connectivity index (χ1v) is 3.55. The molecule has 0 aromatic carbocycles. The molecule has 2 atom stereocenters. The molecule has 0 heterocycles. The molecule has 11 heavy (non-hydrogen) atoms. The summed E-state index contributed by atoms with van der Waals surface area (Å²) in [6.45, 7) is 0.180. The summed E-state index contributed by atoms with van der Waals surface area (Å²) >= 11 is 0. The van der Waals surface area contributed by atoms with Gasteiger partial charge in [-0.15, -0.1) is 0 Å². The molecule has 0 aliphatic rings. The normalized spacial score (nSPS) is 15.9. The Hall–Kier alpha value is -0.680. The number of quaternary nitrogens is 2. The summed E-state index contributed by atoms with van der Waals surface area (Å²) in [4.78, 5) is 10.1. The molecular weight excluding hydrogens is 151 g/mol. The number of halogens is 1. The van der Waals surface area contributed by atoms with Crippen LogP contribution in [0, 0.1) is 0 Å².